The zero-order valence-electron chi connectivity index (χ0n) is 12.4. The summed E-state index contributed by atoms with van der Waals surface area (Å²) in [5, 5.41) is 0. The molecule has 0 atom stereocenters. The average molecular weight is 316 g/mol. The summed E-state index contributed by atoms with van der Waals surface area (Å²) in [4.78, 5) is 0. The molecule has 0 unspecified atom stereocenters. The molecule has 0 amide bonds. The Labute approximate surface area is 121 Å². The highest BCUT2D eigenvalue weighted by Gasteiger charge is 2.53. The molecule has 0 heterocycles. The topological polar surface area (TPSA) is 0 Å². The van der Waals surface area contributed by atoms with Crippen LogP contribution in [0.5, 0.6) is 0 Å². The van der Waals surface area contributed by atoms with Crippen LogP contribution in [0.2, 0.25) is 0 Å². The van der Waals surface area contributed by atoms with Crippen LogP contribution in [0.25, 0.3) is 0 Å². The summed E-state index contributed by atoms with van der Waals surface area (Å²) >= 11 is 0. The predicted molar refractivity (Wildman–Crippen MR) is 69.9 cm³/mol. The molecule has 1 saturated carbocycles. The van der Waals surface area contributed by atoms with Gasteiger partial charge in [0.2, 0.25) is 0 Å². The summed E-state index contributed by atoms with van der Waals surface area (Å²) < 4.78 is 76.3. The van der Waals surface area contributed by atoms with E-state index in [1.54, 1.807) is 0 Å². The second kappa shape index (κ2) is 6.61. The van der Waals surface area contributed by atoms with E-state index in [0.29, 0.717) is 12.8 Å². The van der Waals surface area contributed by atoms with Crippen LogP contribution in [0.3, 0.4) is 0 Å². The van der Waals surface area contributed by atoms with Gasteiger partial charge in [0, 0.05) is 0 Å². The smallest absolute Gasteiger partial charge is 0.166 e. The molecule has 0 radical (unpaired) electrons. The fourth-order valence-electron chi connectivity index (χ4n) is 3.58. The molecular weight excluding hydrogens is 294 g/mol. The van der Waals surface area contributed by atoms with Gasteiger partial charge in [-0.25, -0.2) is 0 Å². The normalized spacial score (nSPS) is 19.7. The minimum absolute atomic E-state index is 0.0741. The van der Waals surface area contributed by atoms with Crippen molar-refractivity contribution in [2.24, 2.45) is 5.41 Å². The number of alkyl halides is 6. The third-order valence-corrected chi connectivity index (χ3v) is 4.40. The van der Waals surface area contributed by atoms with Crippen molar-refractivity contribution in [3.8, 4) is 0 Å². The summed E-state index contributed by atoms with van der Waals surface area (Å²) in [7, 11) is 0. The third-order valence-electron chi connectivity index (χ3n) is 4.40. The number of hydrogen-bond donors (Lipinski definition) is 0. The van der Waals surface area contributed by atoms with Crippen LogP contribution < -0.4 is 0 Å². The predicted octanol–water partition coefficient (Wildman–Crippen LogP) is 6.57. The highest BCUT2D eigenvalue weighted by molar-refractivity contribution is 5.25. The van der Waals surface area contributed by atoms with Crippen LogP contribution in [0.15, 0.2) is 11.1 Å². The Morgan fingerprint density at radius 2 is 1.24 bits per heavy atom. The molecule has 1 aliphatic carbocycles. The molecule has 21 heavy (non-hydrogen) atoms. The van der Waals surface area contributed by atoms with Gasteiger partial charge in [-0.1, -0.05) is 32.3 Å². The van der Waals surface area contributed by atoms with Crippen molar-refractivity contribution in [2.75, 3.05) is 0 Å². The zero-order chi connectivity index (χ0) is 16.3. The number of halogens is 6. The molecule has 1 fully saturated rings. The Bertz CT molecular complexity index is 341. The van der Waals surface area contributed by atoms with Gasteiger partial charge in [-0.15, -0.1) is 0 Å². The molecule has 0 aromatic carbocycles. The van der Waals surface area contributed by atoms with Crippen LogP contribution in [0.1, 0.15) is 65.2 Å². The van der Waals surface area contributed by atoms with E-state index in [9.17, 15) is 26.3 Å². The van der Waals surface area contributed by atoms with Gasteiger partial charge in [0.15, 0.2) is 0 Å². The zero-order valence-corrected chi connectivity index (χ0v) is 12.4. The first-order valence-corrected chi connectivity index (χ1v) is 7.42. The molecule has 0 aromatic heterocycles. The molecule has 6 heteroatoms. The average Bonchev–Trinajstić information content (AvgIpc) is 2.29. The first-order chi connectivity index (χ1) is 9.56. The molecule has 0 bridgehead atoms. The van der Waals surface area contributed by atoms with E-state index in [1.165, 1.54) is 0 Å². The van der Waals surface area contributed by atoms with Crippen molar-refractivity contribution in [2.45, 2.75) is 77.6 Å². The highest BCUT2D eigenvalue weighted by atomic mass is 19.4. The Hall–Kier alpha value is -0.680. The lowest BCUT2D eigenvalue weighted by molar-refractivity contribution is -0.173. The van der Waals surface area contributed by atoms with Crippen molar-refractivity contribution in [1.82, 2.24) is 0 Å². The van der Waals surface area contributed by atoms with Crippen LogP contribution in [-0.4, -0.2) is 12.4 Å². The first kappa shape index (κ1) is 18.4. The maximum atomic E-state index is 12.7. The van der Waals surface area contributed by atoms with Gasteiger partial charge in [-0.2, -0.15) is 26.3 Å². The molecule has 0 spiro atoms. The van der Waals surface area contributed by atoms with Gasteiger partial charge in [-0.3, -0.25) is 0 Å². The van der Waals surface area contributed by atoms with E-state index >= 15 is 0 Å². The molecule has 0 aromatic rings. The maximum absolute atomic E-state index is 12.7. The fraction of sp³-hybridized carbons (Fsp3) is 0.867. The summed E-state index contributed by atoms with van der Waals surface area (Å²) in [5.74, 6) is 0. The van der Waals surface area contributed by atoms with E-state index < -0.39 is 23.5 Å². The SMILES string of the molecule is CCCC1(CCC)CCC(=C(C(F)(F)F)C(F)(F)F)CC1. The lowest BCUT2D eigenvalue weighted by Gasteiger charge is -2.39. The Balaban J connectivity index is 3.01. The van der Waals surface area contributed by atoms with E-state index in [0.717, 1.165) is 25.7 Å². The molecule has 1 aliphatic rings. The largest absolute Gasteiger partial charge is 0.421 e. The standard InChI is InChI=1S/C15H22F6/c1-3-7-13(8-4-2)9-5-11(6-10-13)12(14(16,17)18)15(19,20)21/h3-10H2,1-2H3. The van der Waals surface area contributed by atoms with E-state index in [1.807, 2.05) is 13.8 Å². The Morgan fingerprint density at radius 3 is 1.52 bits per heavy atom. The quantitative estimate of drug-likeness (QED) is 0.406. The minimum atomic E-state index is -5.32. The molecule has 0 saturated heterocycles. The van der Waals surface area contributed by atoms with Gasteiger partial charge in [0.05, 0.1) is 0 Å². The van der Waals surface area contributed by atoms with Crippen LogP contribution >= 0.6 is 0 Å². The van der Waals surface area contributed by atoms with Gasteiger partial charge in [-0.05, 0) is 43.9 Å². The molecule has 0 aliphatic heterocycles. The molecule has 0 nitrogen and oxygen atoms in total. The minimum Gasteiger partial charge on any atom is -0.166 e. The summed E-state index contributed by atoms with van der Waals surface area (Å²) in [6.07, 6.45) is -6.38. The monoisotopic (exact) mass is 316 g/mol. The number of allylic oxidation sites excluding steroid dienone is 2. The maximum Gasteiger partial charge on any atom is 0.421 e. The lowest BCUT2D eigenvalue weighted by atomic mass is 9.67. The second-order valence-electron chi connectivity index (χ2n) is 5.97. The summed E-state index contributed by atoms with van der Waals surface area (Å²) in [6.45, 7) is 4.00. The number of hydrogen-bond acceptors (Lipinski definition) is 0. The van der Waals surface area contributed by atoms with E-state index in [4.69, 9.17) is 0 Å². The molecule has 124 valence electrons. The fourth-order valence-corrected chi connectivity index (χ4v) is 3.58. The summed E-state index contributed by atoms with van der Waals surface area (Å²) in [5.41, 5.74) is -2.80. The lowest BCUT2D eigenvalue weighted by Crippen LogP contribution is -2.31. The van der Waals surface area contributed by atoms with Gasteiger partial charge < -0.3 is 0 Å². The molecule has 0 N–H and O–H groups in total. The van der Waals surface area contributed by atoms with Crippen molar-refractivity contribution in [3.05, 3.63) is 11.1 Å². The summed E-state index contributed by atoms with van der Waals surface area (Å²) in [6, 6.07) is 0. The Kier molecular flexibility index (Phi) is 5.78. The van der Waals surface area contributed by atoms with Gasteiger partial charge >= 0.3 is 12.4 Å². The first-order valence-electron chi connectivity index (χ1n) is 7.42. The van der Waals surface area contributed by atoms with Crippen LogP contribution in [-0.2, 0) is 0 Å². The van der Waals surface area contributed by atoms with Gasteiger partial charge in [0.25, 0.3) is 0 Å². The molecule has 1 rings (SSSR count). The van der Waals surface area contributed by atoms with Crippen molar-refractivity contribution in [3.63, 3.8) is 0 Å². The Morgan fingerprint density at radius 1 is 0.857 bits per heavy atom. The highest BCUT2D eigenvalue weighted by Crippen LogP contribution is 2.50. The van der Waals surface area contributed by atoms with Crippen molar-refractivity contribution >= 4 is 0 Å². The number of rotatable bonds is 4. The van der Waals surface area contributed by atoms with Gasteiger partial charge in [0.1, 0.15) is 5.57 Å². The third kappa shape index (κ3) is 4.65. The van der Waals surface area contributed by atoms with E-state index in [2.05, 4.69) is 0 Å². The van der Waals surface area contributed by atoms with Crippen molar-refractivity contribution in [1.29, 1.82) is 0 Å². The van der Waals surface area contributed by atoms with Crippen LogP contribution in [0.4, 0.5) is 26.3 Å². The molecular formula is C15H22F6. The van der Waals surface area contributed by atoms with Crippen LogP contribution in [0, 0.1) is 5.41 Å². The van der Waals surface area contributed by atoms with E-state index in [-0.39, 0.29) is 18.3 Å². The second-order valence-corrected chi connectivity index (χ2v) is 5.97. The van der Waals surface area contributed by atoms with Crippen molar-refractivity contribution < 1.29 is 26.3 Å².